The number of hydrogen-bond acceptors (Lipinski definition) is 1. The Bertz CT molecular complexity index is 544. The van der Waals surface area contributed by atoms with Gasteiger partial charge >= 0.3 is 0 Å². The van der Waals surface area contributed by atoms with Crippen LogP contribution in [-0.2, 0) is 0 Å². The highest BCUT2D eigenvalue weighted by Gasteiger charge is 1.98. The Labute approximate surface area is 82.0 Å². The van der Waals surface area contributed by atoms with Crippen molar-refractivity contribution in [3.63, 3.8) is 0 Å². The van der Waals surface area contributed by atoms with Crippen LogP contribution in [0.25, 0.3) is 21.7 Å². The lowest BCUT2D eigenvalue weighted by Gasteiger charge is -2.01. The van der Waals surface area contributed by atoms with E-state index in [9.17, 15) is 0 Å². The molecule has 0 saturated carbocycles. The fourth-order valence-electron chi connectivity index (χ4n) is 1.78. The van der Waals surface area contributed by atoms with Crippen LogP contribution < -0.4 is 0 Å². The SMILES string of the molecule is [c]1cnc2ccc3ccccc3c2c1. The van der Waals surface area contributed by atoms with Gasteiger partial charge in [-0.25, -0.2) is 0 Å². The topological polar surface area (TPSA) is 12.9 Å². The summed E-state index contributed by atoms with van der Waals surface area (Å²) in [7, 11) is 0. The molecule has 14 heavy (non-hydrogen) atoms. The molecule has 0 fully saturated rings. The molecule has 0 aliphatic heterocycles. The van der Waals surface area contributed by atoms with E-state index in [2.05, 4.69) is 35.3 Å². The van der Waals surface area contributed by atoms with Crippen molar-refractivity contribution in [3.05, 3.63) is 54.7 Å². The predicted octanol–water partition coefficient (Wildman–Crippen LogP) is 3.19. The Morgan fingerprint density at radius 1 is 0.929 bits per heavy atom. The van der Waals surface area contributed by atoms with Gasteiger partial charge in [-0.15, -0.1) is 0 Å². The van der Waals surface area contributed by atoms with Gasteiger partial charge in [0.05, 0.1) is 5.52 Å². The van der Waals surface area contributed by atoms with E-state index in [4.69, 9.17) is 0 Å². The van der Waals surface area contributed by atoms with Gasteiger partial charge in [0.2, 0.25) is 0 Å². The van der Waals surface area contributed by atoms with Gasteiger partial charge in [0, 0.05) is 17.6 Å². The Balaban J connectivity index is 2.61. The minimum absolute atomic E-state index is 1.03. The molecule has 0 bridgehead atoms. The first-order valence-corrected chi connectivity index (χ1v) is 4.59. The molecule has 2 aromatic carbocycles. The Hall–Kier alpha value is -1.89. The first-order valence-electron chi connectivity index (χ1n) is 4.59. The molecule has 3 aromatic rings. The number of pyridine rings is 1. The summed E-state index contributed by atoms with van der Waals surface area (Å²) < 4.78 is 0. The fraction of sp³-hybridized carbons (Fsp3) is 0. The molecule has 0 aliphatic rings. The Morgan fingerprint density at radius 3 is 2.86 bits per heavy atom. The van der Waals surface area contributed by atoms with Crippen LogP contribution in [0.2, 0.25) is 0 Å². The van der Waals surface area contributed by atoms with Gasteiger partial charge in [-0.05, 0) is 22.9 Å². The van der Waals surface area contributed by atoms with Gasteiger partial charge in [0.1, 0.15) is 0 Å². The number of aromatic nitrogens is 1. The van der Waals surface area contributed by atoms with Crippen LogP contribution in [0.4, 0.5) is 0 Å². The normalized spacial score (nSPS) is 10.9. The lowest BCUT2D eigenvalue weighted by molar-refractivity contribution is 1.41. The van der Waals surface area contributed by atoms with Gasteiger partial charge in [-0.3, -0.25) is 4.98 Å². The van der Waals surface area contributed by atoms with Gasteiger partial charge in [-0.1, -0.05) is 30.3 Å². The summed E-state index contributed by atoms with van der Waals surface area (Å²) in [5.74, 6) is 0. The van der Waals surface area contributed by atoms with Gasteiger partial charge in [0.25, 0.3) is 0 Å². The van der Waals surface area contributed by atoms with Gasteiger partial charge in [-0.2, -0.15) is 0 Å². The van der Waals surface area contributed by atoms with Crippen molar-refractivity contribution in [2.75, 3.05) is 0 Å². The highest BCUT2D eigenvalue weighted by atomic mass is 14.6. The van der Waals surface area contributed by atoms with Crippen molar-refractivity contribution in [3.8, 4) is 0 Å². The molecule has 0 aliphatic carbocycles. The first-order chi connectivity index (χ1) is 6.95. The summed E-state index contributed by atoms with van der Waals surface area (Å²) in [6.07, 6.45) is 1.71. The monoisotopic (exact) mass is 178 g/mol. The maximum atomic E-state index is 4.28. The van der Waals surface area contributed by atoms with E-state index < -0.39 is 0 Å². The third-order valence-corrected chi connectivity index (χ3v) is 2.45. The molecule has 0 atom stereocenters. The summed E-state index contributed by atoms with van der Waals surface area (Å²) >= 11 is 0. The highest BCUT2D eigenvalue weighted by Crippen LogP contribution is 2.22. The molecule has 0 saturated heterocycles. The molecular formula is C13H8N. The molecular weight excluding hydrogens is 170 g/mol. The standard InChI is InChI=1S/C13H8N/c1-2-5-11-10(4-1)7-8-13-12(11)6-3-9-14-13/h1-2,4-9H. The van der Waals surface area contributed by atoms with Crippen molar-refractivity contribution in [1.29, 1.82) is 0 Å². The molecule has 0 unspecified atom stereocenters. The smallest absolute Gasteiger partial charge is 0.0708 e. The molecule has 0 spiro atoms. The minimum Gasteiger partial charge on any atom is -0.256 e. The zero-order valence-electron chi connectivity index (χ0n) is 7.57. The molecule has 1 nitrogen and oxygen atoms in total. The molecule has 1 radical (unpaired) electrons. The molecule has 1 heteroatoms. The highest BCUT2D eigenvalue weighted by molar-refractivity contribution is 6.05. The van der Waals surface area contributed by atoms with Crippen molar-refractivity contribution in [2.45, 2.75) is 0 Å². The largest absolute Gasteiger partial charge is 0.256 e. The second-order valence-corrected chi connectivity index (χ2v) is 3.29. The van der Waals surface area contributed by atoms with Crippen LogP contribution in [-0.4, -0.2) is 4.98 Å². The molecule has 1 heterocycles. The lowest BCUT2D eigenvalue weighted by atomic mass is 10.1. The van der Waals surface area contributed by atoms with E-state index in [-0.39, 0.29) is 0 Å². The number of nitrogens with zero attached hydrogens (tertiary/aromatic N) is 1. The van der Waals surface area contributed by atoms with Crippen LogP contribution in [0, 0.1) is 6.07 Å². The lowest BCUT2D eigenvalue weighted by Crippen LogP contribution is -1.79. The van der Waals surface area contributed by atoms with Crippen LogP contribution in [0.1, 0.15) is 0 Å². The maximum absolute atomic E-state index is 4.28. The zero-order chi connectivity index (χ0) is 9.38. The number of rotatable bonds is 0. The average molecular weight is 178 g/mol. The molecule has 1 aromatic heterocycles. The summed E-state index contributed by atoms with van der Waals surface area (Å²) in [4.78, 5) is 4.28. The minimum atomic E-state index is 1.03. The second-order valence-electron chi connectivity index (χ2n) is 3.29. The molecule has 0 N–H and O–H groups in total. The van der Waals surface area contributed by atoms with E-state index in [1.54, 1.807) is 6.20 Å². The predicted molar refractivity (Wildman–Crippen MR) is 58.1 cm³/mol. The third kappa shape index (κ3) is 0.990. The quantitative estimate of drug-likeness (QED) is 0.482. The Kier molecular flexibility index (Phi) is 1.51. The van der Waals surface area contributed by atoms with E-state index >= 15 is 0 Å². The van der Waals surface area contributed by atoms with Crippen LogP contribution >= 0.6 is 0 Å². The second kappa shape index (κ2) is 2.81. The van der Waals surface area contributed by atoms with E-state index in [0.29, 0.717) is 0 Å². The van der Waals surface area contributed by atoms with Crippen LogP contribution in [0.15, 0.2) is 48.7 Å². The van der Waals surface area contributed by atoms with Gasteiger partial charge < -0.3 is 0 Å². The average Bonchev–Trinajstić information content (AvgIpc) is 2.29. The van der Waals surface area contributed by atoms with Crippen molar-refractivity contribution in [2.24, 2.45) is 0 Å². The first kappa shape index (κ1) is 7.51. The molecule has 3 rings (SSSR count). The summed E-state index contributed by atoms with van der Waals surface area (Å²) in [5, 5.41) is 3.67. The number of hydrogen-bond donors (Lipinski definition) is 0. The van der Waals surface area contributed by atoms with Crippen molar-refractivity contribution >= 4 is 21.7 Å². The van der Waals surface area contributed by atoms with Crippen LogP contribution in [0.5, 0.6) is 0 Å². The number of fused-ring (bicyclic) bond motifs is 3. The van der Waals surface area contributed by atoms with Crippen LogP contribution in [0.3, 0.4) is 0 Å². The Morgan fingerprint density at radius 2 is 1.86 bits per heavy atom. The molecule has 0 amide bonds. The zero-order valence-corrected chi connectivity index (χ0v) is 7.57. The van der Waals surface area contributed by atoms with E-state index in [0.717, 1.165) is 5.52 Å². The number of benzene rings is 2. The van der Waals surface area contributed by atoms with Gasteiger partial charge in [0.15, 0.2) is 0 Å². The van der Waals surface area contributed by atoms with E-state index in [1.165, 1.54) is 16.2 Å². The summed E-state index contributed by atoms with van der Waals surface area (Å²) in [5.41, 5.74) is 1.03. The summed E-state index contributed by atoms with van der Waals surface area (Å²) in [6, 6.07) is 17.5. The fourth-order valence-corrected chi connectivity index (χ4v) is 1.78. The van der Waals surface area contributed by atoms with Crippen molar-refractivity contribution < 1.29 is 0 Å². The van der Waals surface area contributed by atoms with Crippen molar-refractivity contribution in [1.82, 2.24) is 4.98 Å². The van der Waals surface area contributed by atoms with E-state index in [1.807, 2.05) is 18.2 Å². The summed E-state index contributed by atoms with van der Waals surface area (Å²) in [6.45, 7) is 0. The third-order valence-electron chi connectivity index (χ3n) is 2.45. The molecule has 65 valence electrons. The maximum Gasteiger partial charge on any atom is 0.0708 e.